The molecular formula is C28H52O7. The summed E-state index contributed by atoms with van der Waals surface area (Å²) in [6.45, 7) is 2.09. The number of ether oxygens (including phenoxy) is 3. The Morgan fingerprint density at radius 1 is 0.714 bits per heavy atom. The monoisotopic (exact) mass is 500 g/mol. The third-order valence-electron chi connectivity index (χ3n) is 7.44. The van der Waals surface area contributed by atoms with Crippen LogP contribution >= 0.6 is 0 Å². The molecule has 2 rings (SSSR count). The minimum absolute atomic E-state index is 0.0674. The molecule has 35 heavy (non-hydrogen) atoms. The van der Waals surface area contributed by atoms with E-state index in [-0.39, 0.29) is 18.7 Å². The number of aliphatic hydroxyl groups excluding tert-OH is 3. The third kappa shape index (κ3) is 12.4. The van der Waals surface area contributed by atoms with Crippen LogP contribution in [0.2, 0.25) is 0 Å². The number of hydrogen-bond donors (Lipinski definition) is 3. The van der Waals surface area contributed by atoms with Crippen LogP contribution in [0.4, 0.5) is 0 Å². The van der Waals surface area contributed by atoms with Crippen molar-refractivity contribution in [2.75, 3.05) is 6.61 Å². The predicted octanol–water partition coefficient (Wildman–Crippen LogP) is 5.17. The van der Waals surface area contributed by atoms with E-state index in [1.54, 1.807) is 0 Å². The highest BCUT2D eigenvalue weighted by Gasteiger charge is 2.45. The first-order chi connectivity index (χ1) is 17.0. The van der Waals surface area contributed by atoms with Gasteiger partial charge in [-0.3, -0.25) is 4.79 Å². The Morgan fingerprint density at radius 2 is 1.31 bits per heavy atom. The number of aliphatic hydroxyl groups is 3. The van der Waals surface area contributed by atoms with Crippen molar-refractivity contribution in [1.82, 2.24) is 0 Å². The van der Waals surface area contributed by atoms with Crippen molar-refractivity contribution in [3.8, 4) is 0 Å². The number of esters is 1. The van der Waals surface area contributed by atoms with Crippen LogP contribution < -0.4 is 0 Å². The summed E-state index contributed by atoms with van der Waals surface area (Å²) in [6.07, 6.45) is 15.0. The van der Waals surface area contributed by atoms with Gasteiger partial charge in [-0.1, -0.05) is 103 Å². The fourth-order valence-corrected chi connectivity index (χ4v) is 5.09. The summed E-state index contributed by atoms with van der Waals surface area (Å²) in [4.78, 5) is 12.0. The molecule has 0 amide bonds. The van der Waals surface area contributed by atoms with E-state index >= 15 is 0 Å². The maximum Gasteiger partial charge on any atom is 0.305 e. The lowest BCUT2D eigenvalue weighted by molar-refractivity contribution is -0.312. The smallest absolute Gasteiger partial charge is 0.305 e. The lowest BCUT2D eigenvalue weighted by atomic mass is 9.98. The van der Waals surface area contributed by atoms with Crippen LogP contribution in [0.15, 0.2) is 0 Å². The summed E-state index contributed by atoms with van der Waals surface area (Å²) < 4.78 is 17.3. The molecule has 3 N–H and O–H groups in total. The molecule has 2 heterocycles. The van der Waals surface area contributed by atoms with Gasteiger partial charge in [0.25, 0.3) is 0 Å². The Kier molecular flexibility index (Phi) is 16.1. The largest absolute Gasteiger partial charge is 0.463 e. The molecular weight excluding hydrogens is 448 g/mol. The van der Waals surface area contributed by atoms with Crippen LogP contribution in [0, 0.1) is 0 Å². The maximum atomic E-state index is 12.0. The molecule has 7 heteroatoms. The number of fused-ring (bicyclic) bond motifs is 2. The lowest BCUT2D eigenvalue weighted by Gasteiger charge is -2.41. The quantitative estimate of drug-likeness (QED) is 0.265. The van der Waals surface area contributed by atoms with Gasteiger partial charge in [-0.2, -0.15) is 0 Å². The molecule has 0 saturated carbocycles. The van der Waals surface area contributed by atoms with Gasteiger partial charge in [0.15, 0.2) is 6.29 Å². The molecule has 2 saturated heterocycles. The van der Waals surface area contributed by atoms with Gasteiger partial charge in [-0.25, -0.2) is 0 Å². The number of rotatable bonds is 11. The van der Waals surface area contributed by atoms with E-state index in [1.165, 1.54) is 57.8 Å². The van der Waals surface area contributed by atoms with Gasteiger partial charge >= 0.3 is 5.97 Å². The van der Waals surface area contributed by atoms with Gasteiger partial charge in [-0.15, -0.1) is 0 Å². The van der Waals surface area contributed by atoms with Gasteiger partial charge in [0.2, 0.25) is 0 Å². The van der Waals surface area contributed by atoms with Gasteiger partial charge in [0, 0.05) is 6.42 Å². The summed E-state index contributed by atoms with van der Waals surface area (Å²) in [5.74, 6) is -0.329. The Balaban J connectivity index is 1.83. The van der Waals surface area contributed by atoms with Crippen molar-refractivity contribution < 1.29 is 34.3 Å². The topological polar surface area (TPSA) is 105 Å². The molecule has 0 aromatic carbocycles. The summed E-state index contributed by atoms with van der Waals surface area (Å²) >= 11 is 0. The molecule has 206 valence electrons. The van der Waals surface area contributed by atoms with Crippen LogP contribution in [-0.4, -0.2) is 64.7 Å². The van der Waals surface area contributed by atoms with Gasteiger partial charge < -0.3 is 29.5 Å². The molecule has 2 bridgehead atoms. The second kappa shape index (κ2) is 18.5. The molecule has 2 fully saturated rings. The molecule has 0 aliphatic carbocycles. The van der Waals surface area contributed by atoms with Crippen molar-refractivity contribution in [1.29, 1.82) is 0 Å². The van der Waals surface area contributed by atoms with Crippen LogP contribution in [0.5, 0.6) is 0 Å². The summed E-state index contributed by atoms with van der Waals surface area (Å²) in [6, 6.07) is 0. The normalized spacial score (nSPS) is 31.7. The highest BCUT2D eigenvalue weighted by atomic mass is 16.7. The Labute approximate surface area is 212 Å². The minimum Gasteiger partial charge on any atom is -0.463 e. The highest BCUT2D eigenvalue weighted by molar-refractivity contribution is 5.69. The van der Waals surface area contributed by atoms with Crippen LogP contribution in [0.3, 0.4) is 0 Å². The van der Waals surface area contributed by atoms with E-state index in [2.05, 4.69) is 6.92 Å². The second-order valence-corrected chi connectivity index (χ2v) is 10.6. The van der Waals surface area contributed by atoms with Gasteiger partial charge in [-0.05, 0) is 19.3 Å². The van der Waals surface area contributed by atoms with Crippen molar-refractivity contribution in [3.05, 3.63) is 0 Å². The summed E-state index contributed by atoms with van der Waals surface area (Å²) in [5, 5.41) is 31.2. The first-order valence-electron chi connectivity index (χ1n) is 14.5. The van der Waals surface area contributed by atoms with Crippen molar-refractivity contribution in [2.24, 2.45) is 0 Å². The molecule has 6 atom stereocenters. The van der Waals surface area contributed by atoms with E-state index < -0.39 is 30.7 Å². The standard InChI is InChI=1S/C28H52O7/c1-2-3-4-5-6-7-8-9-12-15-18-22-19-16-13-10-11-14-17-20-24(29)33-21-23-25(30)26(31)27(32)28(34-22)35-23/h22-23,25-28,30-32H,2-21H2,1H3. The summed E-state index contributed by atoms with van der Waals surface area (Å²) in [7, 11) is 0. The molecule has 6 unspecified atom stereocenters. The number of unbranched alkanes of at least 4 members (excludes halogenated alkanes) is 9. The highest BCUT2D eigenvalue weighted by Crippen LogP contribution is 2.27. The fraction of sp³-hybridized carbons (Fsp3) is 0.964. The first kappa shape index (κ1) is 30.5. The van der Waals surface area contributed by atoms with Crippen LogP contribution in [0.1, 0.15) is 129 Å². The molecule has 0 aromatic heterocycles. The summed E-state index contributed by atoms with van der Waals surface area (Å²) in [5.41, 5.74) is 0. The Hall–Kier alpha value is -0.730. The molecule has 0 spiro atoms. The molecule has 2 aliphatic heterocycles. The van der Waals surface area contributed by atoms with E-state index in [1.807, 2.05) is 0 Å². The van der Waals surface area contributed by atoms with E-state index in [9.17, 15) is 20.1 Å². The number of hydrogen-bond acceptors (Lipinski definition) is 7. The fourth-order valence-electron chi connectivity index (χ4n) is 5.09. The Morgan fingerprint density at radius 3 is 2.00 bits per heavy atom. The van der Waals surface area contributed by atoms with E-state index in [4.69, 9.17) is 14.2 Å². The zero-order chi connectivity index (χ0) is 25.3. The van der Waals surface area contributed by atoms with Crippen molar-refractivity contribution in [3.63, 3.8) is 0 Å². The van der Waals surface area contributed by atoms with E-state index in [0.29, 0.717) is 6.42 Å². The lowest BCUT2D eigenvalue weighted by Crippen LogP contribution is -2.60. The van der Waals surface area contributed by atoms with E-state index in [0.717, 1.165) is 57.8 Å². The first-order valence-corrected chi connectivity index (χ1v) is 14.5. The minimum atomic E-state index is -1.41. The number of carbonyl (C=O) groups excluding carboxylic acids is 1. The second-order valence-electron chi connectivity index (χ2n) is 10.6. The zero-order valence-electron chi connectivity index (χ0n) is 22.1. The van der Waals surface area contributed by atoms with Gasteiger partial charge in [0.05, 0.1) is 6.10 Å². The average Bonchev–Trinajstić information content (AvgIpc) is 2.85. The number of carbonyl (C=O) groups is 1. The van der Waals surface area contributed by atoms with Crippen LogP contribution in [0.25, 0.3) is 0 Å². The predicted molar refractivity (Wildman–Crippen MR) is 136 cm³/mol. The maximum absolute atomic E-state index is 12.0. The Bertz CT molecular complexity index is 543. The third-order valence-corrected chi connectivity index (χ3v) is 7.44. The number of cyclic esters (lactones) is 1. The average molecular weight is 501 g/mol. The molecule has 2 aliphatic rings. The molecule has 7 nitrogen and oxygen atoms in total. The van der Waals surface area contributed by atoms with Crippen LogP contribution in [-0.2, 0) is 19.0 Å². The van der Waals surface area contributed by atoms with Crippen molar-refractivity contribution >= 4 is 5.97 Å². The van der Waals surface area contributed by atoms with Crippen molar-refractivity contribution in [2.45, 2.75) is 166 Å². The molecule has 0 radical (unpaired) electrons. The SMILES string of the molecule is CCCCCCCCCCCCC1CCCCCCCCC(=O)OCC2OC(O1)C(O)C(O)C2O. The molecule has 0 aromatic rings. The zero-order valence-corrected chi connectivity index (χ0v) is 22.1. The van der Waals surface area contributed by atoms with Gasteiger partial charge in [0.1, 0.15) is 31.0 Å².